The quantitative estimate of drug-likeness (QED) is 0.345. The molecule has 0 aromatic heterocycles. The van der Waals surface area contributed by atoms with Gasteiger partial charge in [0.1, 0.15) is 5.50 Å². The number of thiol groups is 1. The summed E-state index contributed by atoms with van der Waals surface area (Å²) in [6.45, 7) is 0.674. The van der Waals surface area contributed by atoms with Crippen molar-refractivity contribution in [1.29, 1.82) is 0 Å². The Labute approximate surface area is 53.2 Å². The summed E-state index contributed by atoms with van der Waals surface area (Å²) in [5.74, 6) is 0.198. The molecular weight excluding hydrogens is 124 g/mol. The molecule has 0 spiro atoms. The Morgan fingerprint density at radius 1 is 1.88 bits per heavy atom. The molecule has 0 amide bonds. The monoisotopic (exact) mass is 132 g/mol. The van der Waals surface area contributed by atoms with E-state index >= 15 is 0 Å². The molecule has 1 heterocycles. The summed E-state index contributed by atoms with van der Waals surface area (Å²) < 4.78 is 0. The zero-order valence-corrected chi connectivity index (χ0v) is 5.15. The molecule has 1 rings (SSSR count). The third-order valence-corrected chi connectivity index (χ3v) is 1.20. The van der Waals surface area contributed by atoms with Gasteiger partial charge in [-0.1, -0.05) is 0 Å². The predicted molar refractivity (Wildman–Crippen MR) is 34.6 cm³/mol. The summed E-state index contributed by atoms with van der Waals surface area (Å²) in [7, 11) is 0. The van der Waals surface area contributed by atoms with Crippen LogP contribution in [0.2, 0.25) is 0 Å². The maximum absolute atomic E-state index is 8.74. The summed E-state index contributed by atoms with van der Waals surface area (Å²) >= 11 is 4.00. The Hall–Kier alpha value is -0.350. The first-order chi connectivity index (χ1) is 3.79. The summed E-state index contributed by atoms with van der Waals surface area (Å²) in [6.07, 6.45) is 1.65. The van der Waals surface area contributed by atoms with Crippen LogP contribution in [0.25, 0.3) is 0 Å². The van der Waals surface area contributed by atoms with E-state index in [1.54, 1.807) is 6.08 Å². The minimum atomic E-state index is -0.111. The van der Waals surface area contributed by atoms with Crippen LogP contribution in [0.3, 0.4) is 0 Å². The fourth-order valence-corrected chi connectivity index (χ4v) is 0.755. The molecule has 0 aliphatic carbocycles. The third kappa shape index (κ3) is 1.31. The van der Waals surface area contributed by atoms with Crippen LogP contribution in [-0.2, 0) is 0 Å². The van der Waals surface area contributed by atoms with Gasteiger partial charge in [0.2, 0.25) is 0 Å². The normalized spacial score (nSPS) is 28.6. The van der Waals surface area contributed by atoms with Crippen LogP contribution >= 0.6 is 12.6 Å². The summed E-state index contributed by atoms with van der Waals surface area (Å²) in [5, 5.41) is 14.3. The molecule has 3 N–H and O–H groups in total. The molecule has 46 valence electrons. The second-order valence-electron chi connectivity index (χ2n) is 1.54. The molecule has 1 aliphatic rings. The Balaban J connectivity index is 2.45. The summed E-state index contributed by atoms with van der Waals surface area (Å²) in [4.78, 5) is 0. The largest absolute Gasteiger partial charge is 0.495 e. The molecule has 0 aromatic rings. The summed E-state index contributed by atoms with van der Waals surface area (Å²) in [6, 6.07) is 0. The van der Waals surface area contributed by atoms with Gasteiger partial charge in [-0.15, -0.1) is 12.6 Å². The predicted octanol–water partition coefficient (Wildman–Crippen LogP) is -0.208. The Kier molecular flexibility index (Phi) is 1.65. The first-order valence-corrected chi connectivity index (χ1v) is 2.88. The highest BCUT2D eigenvalue weighted by molar-refractivity contribution is 7.80. The molecule has 0 aromatic carbocycles. The van der Waals surface area contributed by atoms with E-state index in [0.29, 0.717) is 6.54 Å². The number of nitrogens with one attached hydrogen (secondary N) is 2. The standard InChI is InChI=1S/C4H8N2OS/c7-3-1-2-5-4(8)6-3/h1,4-8H,2H2. The molecule has 1 aliphatic heterocycles. The van der Waals surface area contributed by atoms with Gasteiger partial charge in [0.05, 0.1) is 0 Å². The highest BCUT2D eigenvalue weighted by Gasteiger charge is 2.05. The molecule has 1 unspecified atom stereocenters. The molecule has 0 saturated carbocycles. The van der Waals surface area contributed by atoms with Crippen molar-refractivity contribution in [2.45, 2.75) is 5.50 Å². The minimum absolute atomic E-state index is 0.111. The number of hydrogen-bond donors (Lipinski definition) is 4. The molecule has 8 heavy (non-hydrogen) atoms. The van der Waals surface area contributed by atoms with E-state index in [4.69, 9.17) is 5.11 Å². The van der Waals surface area contributed by atoms with Crippen molar-refractivity contribution in [3.05, 3.63) is 12.0 Å². The van der Waals surface area contributed by atoms with E-state index in [1.807, 2.05) is 0 Å². The zero-order chi connectivity index (χ0) is 5.98. The van der Waals surface area contributed by atoms with Crippen molar-refractivity contribution in [3.63, 3.8) is 0 Å². The van der Waals surface area contributed by atoms with Gasteiger partial charge in [0.25, 0.3) is 0 Å². The van der Waals surface area contributed by atoms with E-state index < -0.39 is 0 Å². The van der Waals surface area contributed by atoms with Gasteiger partial charge in [-0.3, -0.25) is 5.32 Å². The first-order valence-electron chi connectivity index (χ1n) is 2.36. The second-order valence-corrected chi connectivity index (χ2v) is 2.06. The molecular formula is C4H8N2OS. The van der Waals surface area contributed by atoms with Crippen molar-refractivity contribution in [2.24, 2.45) is 0 Å². The van der Waals surface area contributed by atoms with Gasteiger partial charge in [0, 0.05) is 6.54 Å². The minimum Gasteiger partial charge on any atom is -0.495 e. The molecule has 1 atom stereocenters. The van der Waals surface area contributed by atoms with E-state index in [2.05, 4.69) is 23.3 Å². The van der Waals surface area contributed by atoms with E-state index in [0.717, 1.165) is 0 Å². The highest BCUT2D eigenvalue weighted by atomic mass is 32.1. The first kappa shape index (κ1) is 5.78. The zero-order valence-electron chi connectivity index (χ0n) is 4.26. The maximum atomic E-state index is 8.74. The van der Waals surface area contributed by atoms with Crippen molar-refractivity contribution in [1.82, 2.24) is 10.6 Å². The van der Waals surface area contributed by atoms with Crippen molar-refractivity contribution in [3.8, 4) is 0 Å². The number of aliphatic hydroxyl groups excluding tert-OH is 1. The fraction of sp³-hybridized carbons (Fsp3) is 0.500. The van der Waals surface area contributed by atoms with Crippen molar-refractivity contribution in [2.75, 3.05) is 6.54 Å². The second kappa shape index (κ2) is 2.28. The van der Waals surface area contributed by atoms with Crippen LogP contribution in [0, 0.1) is 0 Å². The summed E-state index contributed by atoms with van der Waals surface area (Å²) in [5.41, 5.74) is -0.111. The van der Waals surface area contributed by atoms with Crippen molar-refractivity contribution >= 4 is 12.6 Å². The van der Waals surface area contributed by atoms with Crippen molar-refractivity contribution < 1.29 is 5.11 Å². The van der Waals surface area contributed by atoms with Crippen LogP contribution in [0.15, 0.2) is 12.0 Å². The average Bonchev–Trinajstić information content (AvgIpc) is 1.64. The molecule has 3 nitrogen and oxygen atoms in total. The molecule has 0 bridgehead atoms. The average molecular weight is 132 g/mol. The fourth-order valence-electron chi connectivity index (χ4n) is 0.517. The Morgan fingerprint density at radius 3 is 3.00 bits per heavy atom. The number of rotatable bonds is 0. The van der Waals surface area contributed by atoms with Crippen LogP contribution in [-0.4, -0.2) is 17.1 Å². The lowest BCUT2D eigenvalue weighted by Gasteiger charge is -2.18. The van der Waals surface area contributed by atoms with Gasteiger partial charge < -0.3 is 10.4 Å². The van der Waals surface area contributed by atoms with E-state index in [1.165, 1.54) is 0 Å². The maximum Gasteiger partial charge on any atom is 0.183 e. The SMILES string of the molecule is OC1=CCNC(S)N1. The van der Waals surface area contributed by atoms with Crippen LogP contribution in [0.4, 0.5) is 0 Å². The van der Waals surface area contributed by atoms with Gasteiger partial charge in [-0.05, 0) is 6.08 Å². The lowest BCUT2D eigenvalue weighted by molar-refractivity contribution is 0.337. The third-order valence-electron chi connectivity index (χ3n) is 0.891. The van der Waals surface area contributed by atoms with E-state index in [9.17, 15) is 0 Å². The Morgan fingerprint density at radius 2 is 2.62 bits per heavy atom. The number of hydrogen-bond acceptors (Lipinski definition) is 4. The van der Waals surface area contributed by atoms with Gasteiger partial charge in [0.15, 0.2) is 5.88 Å². The van der Waals surface area contributed by atoms with Crippen LogP contribution < -0.4 is 10.6 Å². The molecule has 0 saturated heterocycles. The highest BCUT2D eigenvalue weighted by Crippen LogP contribution is 1.94. The molecule has 4 heteroatoms. The van der Waals surface area contributed by atoms with E-state index in [-0.39, 0.29) is 11.4 Å². The van der Waals surface area contributed by atoms with Crippen LogP contribution in [0.1, 0.15) is 0 Å². The number of aliphatic hydroxyl groups is 1. The lowest BCUT2D eigenvalue weighted by atomic mass is 10.5. The lowest BCUT2D eigenvalue weighted by Crippen LogP contribution is -2.41. The van der Waals surface area contributed by atoms with Gasteiger partial charge >= 0.3 is 0 Å². The van der Waals surface area contributed by atoms with Crippen LogP contribution in [0.5, 0.6) is 0 Å². The van der Waals surface area contributed by atoms with Gasteiger partial charge in [-0.25, -0.2) is 0 Å². The topological polar surface area (TPSA) is 44.3 Å². The van der Waals surface area contributed by atoms with Gasteiger partial charge in [-0.2, -0.15) is 0 Å². The Bertz CT molecular complexity index is 115. The molecule has 0 radical (unpaired) electrons. The smallest absolute Gasteiger partial charge is 0.183 e. The molecule has 0 fully saturated rings.